The van der Waals surface area contributed by atoms with E-state index in [0.717, 1.165) is 30.5 Å². The quantitative estimate of drug-likeness (QED) is 0.814. The minimum absolute atomic E-state index is 0.0968. The van der Waals surface area contributed by atoms with E-state index in [-0.39, 0.29) is 22.4 Å². The van der Waals surface area contributed by atoms with E-state index < -0.39 is 22.3 Å². The van der Waals surface area contributed by atoms with Crippen LogP contribution in [0.2, 0.25) is 0 Å². The summed E-state index contributed by atoms with van der Waals surface area (Å²) >= 11 is 1.21. The second kappa shape index (κ2) is 7.50. The molecule has 0 aromatic heterocycles. The molecular weight excluding hydrogens is 399 g/mol. The van der Waals surface area contributed by atoms with Crippen molar-refractivity contribution < 1.29 is 18.0 Å². The number of carbonyl (C=O) groups is 1. The Kier molecular flexibility index (Phi) is 5.16. The Morgan fingerprint density at radius 2 is 1.97 bits per heavy atom. The van der Waals surface area contributed by atoms with Crippen molar-refractivity contribution in [3.8, 4) is 0 Å². The van der Waals surface area contributed by atoms with E-state index in [1.165, 1.54) is 41.9 Å². The molecule has 1 amide bonds. The molecule has 1 heterocycles. The molecule has 0 saturated carbocycles. The van der Waals surface area contributed by atoms with Crippen LogP contribution in [-0.4, -0.2) is 22.5 Å². The number of rotatable bonds is 3. The monoisotopic (exact) mass is 419 g/mol. The van der Waals surface area contributed by atoms with Gasteiger partial charge in [0.25, 0.3) is 0 Å². The molecule has 0 unspecified atom stereocenters. The van der Waals surface area contributed by atoms with Crippen molar-refractivity contribution in [1.29, 1.82) is 0 Å². The van der Waals surface area contributed by atoms with E-state index in [9.17, 15) is 18.0 Å². The third-order valence-electron chi connectivity index (χ3n) is 5.51. The molecule has 4 nitrogen and oxygen atoms in total. The second-order valence-corrected chi connectivity index (χ2v) is 8.49. The summed E-state index contributed by atoms with van der Waals surface area (Å²) in [5.41, 5.74) is 7.53. The number of fused-ring (bicyclic) bond motifs is 2. The maximum Gasteiger partial charge on any atom is 0.241 e. The molecule has 2 aromatic rings. The molecular formula is C21H20F3N3OS. The van der Waals surface area contributed by atoms with Crippen molar-refractivity contribution in [2.45, 2.75) is 31.1 Å². The SMILES string of the molecule is CC(=O)N1N=C(c2ccc(F)cc2F)S[C@@]12c1cc(F)ccc1CC[C@@H]2CCN. The van der Waals surface area contributed by atoms with Crippen LogP contribution >= 0.6 is 11.8 Å². The molecule has 0 bridgehead atoms. The number of hydrogen-bond acceptors (Lipinski definition) is 4. The van der Waals surface area contributed by atoms with Crippen LogP contribution in [0.3, 0.4) is 0 Å². The van der Waals surface area contributed by atoms with Crippen LogP contribution in [0.5, 0.6) is 0 Å². The molecule has 8 heteroatoms. The van der Waals surface area contributed by atoms with Gasteiger partial charge >= 0.3 is 0 Å². The first-order chi connectivity index (χ1) is 13.9. The summed E-state index contributed by atoms with van der Waals surface area (Å²) in [4.78, 5) is 11.6. The fourth-order valence-corrected chi connectivity index (χ4v) is 5.92. The highest BCUT2D eigenvalue weighted by molar-refractivity contribution is 8.15. The Hall–Kier alpha value is -2.32. The van der Waals surface area contributed by atoms with Gasteiger partial charge in [-0.15, -0.1) is 0 Å². The van der Waals surface area contributed by atoms with Crippen LogP contribution in [0, 0.1) is 23.4 Å². The van der Waals surface area contributed by atoms with Crippen molar-refractivity contribution in [2.24, 2.45) is 16.8 Å². The van der Waals surface area contributed by atoms with Gasteiger partial charge in [-0.05, 0) is 67.1 Å². The summed E-state index contributed by atoms with van der Waals surface area (Å²) < 4.78 is 42.1. The topological polar surface area (TPSA) is 58.7 Å². The molecule has 2 atom stereocenters. The van der Waals surface area contributed by atoms with Gasteiger partial charge in [-0.1, -0.05) is 17.8 Å². The molecule has 1 spiro atoms. The summed E-state index contributed by atoms with van der Waals surface area (Å²) in [6.07, 6.45) is 2.07. The van der Waals surface area contributed by atoms with Gasteiger partial charge in [-0.3, -0.25) is 4.79 Å². The predicted molar refractivity (Wildman–Crippen MR) is 107 cm³/mol. The van der Waals surface area contributed by atoms with Crippen LogP contribution in [0.15, 0.2) is 41.5 Å². The normalized spacial score (nSPS) is 23.3. The lowest BCUT2D eigenvalue weighted by atomic mass is 9.77. The first kappa shape index (κ1) is 20.0. The number of aryl methyl sites for hydroxylation is 1. The lowest BCUT2D eigenvalue weighted by molar-refractivity contribution is -0.134. The minimum Gasteiger partial charge on any atom is -0.330 e. The van der Waals surface area contributed by atoms with Crippen molar-refractivity contribution in [2.75, 3.05) is 6.54 Å². The van der Waals surface area contributed by atoms with E-state index in [1.807, 2.05) is 0 Å². The first-order valence-electron chi connectivity index (χ1n) is 9.39. The van der Waals surface area contributed by atoms with Gasteiger partial charge in [0.15, 0.2) is 0 Å². The number of hydrazone groups is 1. The highest BCUT2D eigenvalue weighted by Gasteiger charge is 2.55. The summed E-state index contributed by atoms with van der Waals surface area (Å²) in [6, 6.07) is 7.79. The van der Waals surface area contributed by atoms with Crippen molar-refractivity contribution in [3.05, 3.63) is 70.5 Å². The average Bonchev–Trinajstić information content (AvgIpc) is 3.06. The van der Waals surface area contributed by atoms with Gasteiger partial charge < -0.3 is 5.73 Å². The van der Waals surface area contributed by atoms with Crippen molar-refractivity contribution in [1.82, 2.24) is 5.01 Å². The smallest absolute Gasteiger partial charge is 0.241 e. The average molecular weight is 419 g/mol. The van der Waals surface area contributed by atoms with E-state index >= 15 is 0 Å². The first-order valence-corrected chi connectivity index (χ1v) is 10.2. The van der Waals surface area contributed by atoms with Gasteiger partial charge in [0.1, 0.15) is 27.4 Å². The van der Waals surface area contributed by atoms with Crippen LogP contribution < -0.4 is 5.73 Å². The summed E-state index contributed by atoms with van der Waals surface area (Å²) in [6.45, 7) is 1.77. The fourth-order valence-electron chi connectivity index (χ4n) is 4.26. The zero-order valence-electron chi connectivity index (χ0n) is 15.8. The Balaban J connectivity index is 1.90. The van der Waals surface area contributed by atoms with E-state index in [0.29, 0.717) is 18.5 Å². The highest BCUT2D eigenvalue weighted by Crippen LogP contribution is 2.57. The number of hydrogen-bond donors (Lipinski definition) is 1. The van der Waals surface area contributed by atoms with Crippen LogP contribution in [0.4, 0.5) is 13.2 Å². The molecule has 0 radical (unpaired) electrons. The Labute approximate surface area is 171 Å². The molecule has 0 fully saturated rings. The zero-order chi connectivity index (χ0) is 20.8. The standard InChI is InChI=1S/C21H20F3N3OS/c1-12(28)27-21(29-20(26-27)17-7-6-16(23)11-19(17)24)14(8-9-25)4-2-13-3-5-15(22)10-18(13)21/h3,5-7,10-11,14H,2,4,8-9,25H2,1H3/t14-,21+/m1/s1. The zero-order valence-corrected chi connectivity index (χ0v) is 16.6. The Morgan fingerprint density at radius 1 is 1.24 bits per heavy atom. The number of carbonyl (C=O) groups excluding carboxylic acids is 1. The Morgan fingerprint density at radius 3 is 2.66 bits per heavy atom. The summed E-state index contributed by atoms with van der Waals surface area (Å²) in [5.74, 6) is -2.31. The van der Waals surface area contributed by atoms with Gasteiger partial charge in [-0.25, -0.2) is 18.2 Å². The number of thioether (sulfide) groups is 1. The molecule has 2 aromatic carbocycles. The largest absolute Gasteiger partial charge is 0.330 e. The van der Waals surface area contributed by atoms with E-state index in [1.54, 1.807) is 6.07 Å². The Bertz CT molecular complexity index is 1010. The maximum absolute atomic E-state index is 14.5. The lowest BCUT2D eigenvalue weighted by Gasteiger charge is -2.45. The summed E-state index contributed by atoms with van der Waals surface area (Å²) in [7, 11) is 0. The summed E-state index contributed by atoms with van der Waals surface area (Å²) in [5, 5.41) is 6.01. The van der Waals surface area contributed by atoms with Crippen LogP contribution in [-0.2, 0) is 16.1 Å². The molecule has 29 heavy (non-hydrogen) atoms. The lowest BCUT2D eigenvalue weighted by Crippen LogP contribution is -2.49. The van der Waals surface area contributed by atoms with Gasteiger partial charge in [0, 0.05) is 18.6 Å². The molecule has 4 rings (SSSR count). The molecule has 2 aliphatic rings. The van der Waals surface area contributed by atoms with Gasteiger partial charge in [-0.2, -0.15) is 5.10 Å². The molecule has 152 valence electrons. The molecule has 1 aliphatic carbocycles. The van der Waals surface area contributed by atoms with Crippen LogP contribution in [0.25, 0.3) is 0 Å². The van der Waals surface area contributed by atoms with Gasteiger partial charge in [0.05, 0.1) is 0 Å². The third kappa shape index (κ3) is 3.24. The number of amides is 1. The van der Waals surface area contributed by atoms with Crippen molar-refractivity contribution in [3.63, 3.8) is 0 Å². The molecule has 0 saturated heterocycles. The van der Waals surface area contributed by atoms with Crippen LogP contribution in [0.1, 0.15) is 36.5 Å². The molecule has 2 N–H and O–H groups in total. The third-order valence-corrected chi connectivity index (χ3v) is 7.04. The highest BCUT2D eigenvalue weighted by atomic mass is 32.2. The van der Waals surface area contributed by atoms with Gasteiger partial charge in [0.2, 0.25) is 5.91 Å². The second-order valence-electron chi connectivity index (χ2n) is 7.27. The number of halogens is 3. The predicted octanol–water partition coefficient (Wildman–Crippen LogP) is 4.13. The molecule has 1 aliphatic heterocycles. The van der Waals surface area contributed by atoms with E-state index in [4.69, 9.17) is 5.73 Å². The number of nitrogens with zero attached hydrogens (tertiary/aromatic N) is 2. The number of benzene rings is 2. The maximum atomic E-state index is 14.5. The minimum atomic E-state index is -1.02. The fraction of sp³-hybridized carbons (Fsp3) is 0.333. The number of nitrogens with two attached hydrogens (primary N) is 1. The van der Waals surface area contributed by atoms with Crippen molar-refractivity contribution >= 4 is 22.7 Å². The van der Waals surface area contributed by atoms with E-state index in [2.05, 4.69) is 5.10 Å².